The Kier molecular flexibility index (Phi) is 6.01. The van der Waals surface area contributed by atoms with E-state index in [2.05, 4.69) is 26.8 Å². The lowest BCUT2D eigenvalue weighted by Crippen LogP contribution is -2.17. The van der Waals surface area contributed by atoms with Gasteiger partial charge in [0.2, 0.25) is 0 Å². The first-order chi connectivity index (χ1) is 9.53. The van der Waals surface area contributed by atoms with Crippen LogP contribution in [0.4, 0.5) is 0 Å². The van der Waals surface area contributed by atoms with Crippen molar-refractivity contribution >= 4 is 6.08 Å². The van der Waals surface area contributed by atoms with Crippen LogP contribution in [0.15, 0.2) is 23.8 Å². The topological polar surface area (TPSA) is 47.6 Å². The van der Waals surface area contributed by atoms with E-state index in [0.29, 0.717) is 0 Å². The molecule has 1 aromatic rings. The van der Waals surface area contributed by atoms with Gasteiger partial charge in [0.05, 0.1) is 0 Å². The van der Waals surface area contributed by atoms with Crippen molar-refractivity contribution in [3.8, 4) is 12.1 Å². The lowest BCUT2D eigenvalue weighted by molar-refractivity contribution is 0.449. The number of nitrogens with zero attached hydrogens (tertiary/aromatic N) is 2. The third-order valence-corrected chi connectivity index (χ3v) is 3.51. The van der Waals surface area contributed by atoms with Gasteiger partial charge in [-0.1, -0.05) is 58.2 Å². The second-order valence-corrected chi connectivity index (χ2v) is 5.66. The summed E-state index contributed by atoms with van der Waals surface area (Å²) in [5.41, 5.74) is 2.22. The van der Waals surface area contributed by atoms with Gasteiger partial charge in [0, 0.05) is 0 Å². The monoisotopic (exact) mass is 265 g/mol. The zero-order chi connectivity index (χ0) is 15.0. The largest absolute Gasteiger partial charge is 0.192 e. The molecule has 0 amide bonds. The molecule has 0 N–H and O–H groups in total. The van der Waals surface area contributed by atoms with Crippen LogP contribution in [0, 0.1) is 28.7 Å². The molecule has 0 saturated carbocycles. The second-order valence-electron chi connectivity index (χ2n) is 5.66. The Morgan fingerprint density at radius 3 is 2.60 bits per heavy atom. The summed E-state index contributed by atoms with van der Waals surface area (Å²) in [6.07, 6.45) is 6.42. The first-order valence-corrected chi connectivity index (χ1v) is 7.07. The third-order valence-electron chi connectivity index (χ3n) is 3.51. The van der Waals surface area contributed by atoms with Gasteiger partial charge in [-0.3, -0.25) is 0 Å². The van der Waals surface area contributed by atoms with E-state index in [1.165, 1.54) is 19.3 Å². The van der Waals surface area contributed by atoms with Crippen LogP contribution >= 0.6 is 0 Å². The minimum Gasteiger partial charge on any atom is -0.192 e. The van der Waals surface area contributed by atoms with Gasteiger partial charge >= 0.3 is 0 Å². The fourth-order valence-electron chi connectivity index (χ4n) is 2.17. The molecule has 0 spiro atoms. The van der Waals surface area contributed by atoms with Gasteiger partial charge in [0.1, 0.15) is 17.7 Å². The molecule has 0 atom stereocenters. The molecule has 0 saturated heterocycles. The first-order valence-electron chi connectivity index (χ1n) is 7.07. The molecule has 0 fully saturated rings. The zero-order valence-corrected chi connectivity index (χ0v) is 12.5. The molecule has 0 aliphatic heterocycles. The van der Waals surface area contributed by atoms with Gasteiger partial charge in [-0.15, -0.1) is 0 Å². The highest BCUT2D eigenvalue weighted by Gasteiger charge is 2.20. The molecule has 0 heterocycles. The van der Waals surface area contributed by atoms with E-state index in [0.717, 1.165) is 17.5 Å². The molecule has 0 aromatic heterocycles. The molecule has 2 heteroatoms. The van der Waals surface area contributed by atoms with Crippen LogP contribution < -0.4 is 0 Å². The summed E-state index contributed by atoms with van der Waals surface area (Å²) in [4.78, 5) is 0. The van der Waals surface area contributed by atoms with Gasteiger partial charge in [-0.05, 0) is 35.1 Å². The Morgan fingerprint density at radius 1 is 1.30 bits per heavy atom. The van der Waals surface area contributed by atoms with E-state index < -0.39 is 0 Å². The maximum absolute atomic E-state index is 8.81. The van der Waals surface area contributed by atoms with Crippen molar-refractivity contribution in [3.05, 3.63) is 41.0 Å². The van der Waals surface area contributed by atoms with E-state index in [1.807, 2.05) is 30.3 Å². The standard InChI is InChI=1S/C18H21N2/c1-4-5-6-10-18(2,3)17-9-7-8-15(12-17)11-16(13-19)14-20/h7-8,11-12H,4-6,10H2,1-3H3. The molecular formula is C18H21N2. The molecule has 20 heavy (non-hydrogen) atoms. The summed E-state index contributed by atoms with van der Waals surface area (Å²) in [5, 5.41) is 17.6. The summed E-state index contributed by atoms with van der Waals surface area (Å²) in [7, 11) is 0. The smallest absolute Gasteiger partial charge is 0.130 e. The molecule has 2 nitrogen and oxygen atoms in total. The average Bonchev–Trinajstić information content (AvgIpc) is 2.45. The zero-order valence-electron chi connectivity index (χ0n) is 12.5. The quantitative estimate of drug-likeness (QED) is 0.549. The predicted octanol–water partition coefficient (Wildman–Crippen LogP) is 4.78. The Hall–Kier alpha value is -2.06. The maximum Gasteiger partial charge on any atom is 0.130 e. The summed E-state index contributed by atoms with van der Waals surface area (Å²) in [6.45, 7) is 6.64. The van der Waals surface area contributed by atoms with Crippen LogP contribution in [0.25, 0.3) is 6.08 Å². The molecule has 0 bridgehead atoms. The highest BCUT2D eigenvalue weighted by molar-refractivity contribution is 5.62. The van der Waals surface area contributed by atoms with Crippen molar-refractivity contribution in [1.82, 2.24) is 0 Å². The summed E-state index contributed by atoms with van der Waals surface area (Å²) in [6, 6.07) is 12.8. The van der Waals surface area contributed by atoms with E-state index in [4.69, 9.17) is 10.5 Å². The number of unbranched alkanes of at least 4 members (excludes halogenated alkanes) is 2. The van der Waals surface area contributed by atoms with Gasteiger partial charge in [-0.25, -0.2) is 0 Å². The molecule has 103 valence electrons. The predicted molar refractivity (Wildman–Crippen MR) is 81.6 cm³/mol. The highest BCUT2D eigenvalue weighted by atomic mass is 14.3. The number of hydrogen-bond donors (Lipinski definition) is 0. The van der Waals surface area contributed by atoms with Crippen LogP contribution in [-0.2, 0) is 5.41 Å². The normalized spacial score (nSPS) is 10.4. The molecular weight excluding hydrogens is 244 g/mol. The van der Waals surface area contributed by atoms with E-state index in [-0.39, 0.29) is 11.0 Å². The fourth-order valence-corrected chi connectivity index (χ4v) is 2.17. The van der Waals surface area contributed by atoms with E-state index in [9.17, 15) is 0 Å². The van der Waals surface area contributed by atoms with Crippen molar-refractivity contribution in [2.75, 3.05) is 0 Å². The van der Waals surface area contributed by atoms with Crippen LogP contribution in [0.5, 0.6) is 0 Å². The Balaban J connectivity index is 2.96. The molecule has 1 rings (SSSR count). The summed E-state index contributed by atoms with van der Waals surface area (Å²) < 4.78 is 0. The van der Waals surface area contributed by atoms with Crippen molar-refractivity contribution < 1.29 is 0 Å². The minimum atomic E-state index is 0.0679. The Bertz CT molecular complexity index is 538. The molecule has 1 aromatic carbocycles. The van der Waals surface area contributed by atoms with Gasteiger partial charge in [0.15, 0.2) is 0 Å². The van der Waals surface area contributed by atoms with Crippen molar-refractivity contribution in [1.29, 1.82) is 10.5 Å². The SMILES string of the molecule is CCCCCC(C)(C)c1[c]ccc(C=C(C#N)C#N)c1. The van der Waals surface area contributed by atoms with Gasteiger partial charge in [-0.2, -0.15) is 10.5 Å². The molecule has 0 aliphatic rings. The van der Waals surface area contributed by atoms with Gasteiger partial charge in [0.25, 0.3) is 0 Å². The fraction of sp³-hybridized carbons (Fsp3) is 0.444. The van der Waals surface area contributed by atoms with Crippen LogP contribution in [-0.4, -0.2) is 0 Å². The average molecular weight is 265 g/mol. The van der Waals surface area contributed by atoms with E-state index in [1.54, 1.807) is 6.08 Å². The Morgan fingerprint density at radius 2 is 2.00 bits per heavy atom. The first kappa shape index (κ1) is 16.0. The number of nitriles is 2. The third kappa shape index (κ3) is 4.56. The molecule has 0 aliphatic carbocycles. The number of benzene rings is 1. The van der Waals surface area contributed by atoms with Crippen molar-refractivity contribution in [3.63, 3.8) is 0 Å². The van der Waals surface area contributed by atoms with Crippen LogP contribution in [0.2, 0.25) is 0 Å². The summed E-state index contributed by atoms with van der Waals surface area (Å²) >= 11 is 0. The van der Waals surface area contributed by atoms with Crippen LogP contribution in [0.1, 0.15) is 57.6 Å². The second kappa shape index (κ2) is 7.51. The molecule has 1 radical (unpaired) electrons. The van der Waals surface area contributed by atoms with E-state index >= 15 is 0 Å². The van der Waals surface area contributed by atoms with Crippen molar-refractivity contribution in [2.45, 2.75) is 51.9 Å². The lowest BCUT2D eigenvalue weighted by atomic mass is 9.79. The Labute approximate surface area is 122 Å². The highest BCUT2D eigenvalue weighted by Crippen LogP contribution is 2.29. The summed E-state index contributed by atoms with van der Waals surface area (Å²) in [5.74, 6) is 0. The van der Waals surface area contributed by atoms with Crippen molar-refractivity contribution in [2.24, 2.45) is 0 Å². The van der Waals surface area contributed by atoms with Crippen LogP contribution in [0.3, 0.4) is 0 Å². The number of allylic oxidation sites excluding steroid dienone is 1. The number of hydrogen-bond acceptors (Lipinski definition) is 2. The lowest BCUT2D eigenvalue weighted by Gasteiger charge is -2.25. The molecule has 0 unspecified atom stereocenters. The maximum atomic E-state index is 8.81. The minimum absolute atomic E-state index is 0.0679. The van der Waals surface area contributed by atoms with Gasteiger partial charge < -0.3 is 0 Å². The number of rotatable bonds is 6.